The molecule has 2 aromatic rings. The zero-order chi connectivity index (χ0) is 15.6. The molecular formula is C16H20F2N2S. The smallest absolute Gasteiger partial charge is 0.126 e. The molecule has 0 saturated carbocycles. The van der Waals surface area contributed by atoms with Crippen LogP contribution in [0.2, 0.25) is 0 Å². The maximum absolute atomic E-state index is 13.3. The Kier molecular flexibility index (Phi) is 4.74. The molecule has 21 heavy (non-hydrogen) atoms. The number of rotatable bonds is 4. The molecule has 0 saturated heterocycles. The number of hydrogen-bond donors (Lipinski definition) is 1. The van der Waals surface area contributed by atoms with Gasteiger partial charge in [-0.05, 0) is 39.3 Å². The van der Waals surface area contributed by atoms with Gasteiger partial charge in [0.2, 0.25) is 0 Å². The molecule has 0 aliphatic heterocycles. The van der Waals surface area contributed by atoms with E-state index >= 15 is 0 Å². The third kappa shape index (κ3) is 4.32. The lowest BCUT2D eigenvalue weighted by molar-refractivity contribution is 0.425. The van der Waals surface area contributed by atoms with E-state index in [4.69, 9.17) is 0 Å². The van der Waals surface area contributed by atoms with E-state index < -0.39 is 11.6 Å². The molecule has 0 aliphatic carbocycles. The van der Waals surface area contributed by atoms with E-state index in [1.807, 2.05) is 6.92 Å². The Morgan fingerprint density at radius 3 is 2.29 bits per heavy atom. The normalized spacial score (nSPS) is 11.9. The molecule has 1 aromatic carbocycles. The molecule has 5 heteroatoms. The first-order chi connectivity index (χ1) is 9.78. The third-order valence-electron chi connectivity index (χ3n) is 3.00. The zero-order valence-corrected chi connectivity index (χ0v) is 13.6. The van der Waals surface area contributed by atoms with E-state index in [0.717, 1.165) is 23.1 Å². The third-order valence-corrected chi connectivity index (χ3v) is 4.15. The highest BCUT2D eigenvalue weighted by Gasteiger charge is 2.15. The Hall–Kier alpha value is -1.33. The van der Waals surface area contributed by atoms with E-state index in [-0.39, 0.29) is 5.54 Å². The monoisotopic (exact) mass is 310 g/mol. The van der Waals surface area contributed by atoms with Crippen molar-refractivity contribution < 1.29 is 8.78 Å². The van der Waals surface area contributed by atoms with Crippen molar-refractivity contribution in [2.24, 2.45) is 0 Å². The highest BCUT2D eigenvalue weighted by molar-refractivity contribution is 7.15. The van der Waals surface area contributed by atoms with Gasteiger partial charge in [-0.1, -0.05) is 6.92 Å². The average molecular weight is 310 g/mol. The molecule has 0 fully saturated rings. The largest absolute Gasteiger partial charge is 0.307 e. The summed E-state index contributed by atoms with van der Waals surface area (Å²) in [6, 6.07) is 3.52. The molecule has 0 spiro atoms. The van der Waals surface area contributed by atoms with Crippen LogP contribution < -0.4 is 5.32 Å². The van der Waals surface area contributed by atoms with E-state index in [1.54, 1.807) is 0 Å². The second-order valence-corrected chi connectivity index (χ2v) is 7.09. The molecule has 0 radical (unpaired) electrons. The summed E-state index contributed by atoms with van der Waals surface area (Å²) in [6.45, 7) is 9.04. The van der Waals surface area contributed by atoms with Crippen LogP contribution in [-0.2, 0) is 13.0 Å². The van der Waals surface area contributed by atoms with Gasteiger partial charge in [0.15, 0.2) is 0 Å². The lowest BCUT2D eigenvalue weighted by Gasteiger charge is -2.20. The minimum Gasteiger partial charge on any atom is -0.307 e. The Bertz CT molecular complexity index is 609. The van der Waals surface area contributed by atoms with Crippen LogP contribution in [0.5, 0.6) is 0 Å². The van der Waals surface area contributed by atoms with Gasteiger partial charge in [0.1, 0.15) is 16.6 Å². The fourth-order valence-corrected chi connectivity index (χ4v) is 3.02. The first-order valence-electron chi connectivity index (χ1n) is 6.98. The second kappa shape index (κ2) is 6.20. The summed E-state index contributed by atoms with van der Waals surface area (Å²) < 4.78 is 26.7. The van der Waals surface area contributed by atoms with E-state index in [2.05, 4.69) is 31.1 Å². The van der Waals surface area contributed by atoms with Gasteiger partial charge in [0, 0.05) is 28.6 Å². The second-order valence-electron chi connectivity index (χ2n) is 6.00. The number of nitrogens with one attached hydrogen (secondary N) is 1. The van der Waals surface area contributed by atoms with Gasteiger partial charge in [-0.25, -0.2) is 13.8 Å². The first-order valence-corrected chi connectivity index (χ1v) is 7.80. The highest BCUT2D eigenvalue weighted by Crippen LogP contribution is 2.30. The van der Waals surface area contributed by atoms with Gasteiger partial charge < -0.3 is 5.32 Å². The summed E-state index contributed by atoms with van der Waals surface area (Å²) in [7, 11) is 0. The van der Waals surface area contributed by atoms with Gasteiger partial charge in [0.05, 0.1) is 5.69 Å². The fourth-order valence-electron chi connectivity index (χ4n) is 1.94. The molecule has 2 rings (SSSR count). The van der Waals surface area contributed by atoms with Gasteiger partial charge in [-0.2, -0.15) is 0 Å². The number of aryl methyl sites for hydroxylation is 1. The predicted octanol–water partition coefficient (Wildman–Crippen LogP) is 4.54. The van der Waals surface area contributed by atoms with E-state index in [1.165, 1.54) is 23.5 Å². The highest BCUT2D eigenvalue weighted by atomic mass is 32.1. The maximum atomic E-state index is 13.3. The SMILES string of the molecule is CCc1nc(-c2cc(F)cc(F)c2)sc1CNC(C)(C)C. The van der Waals surface area contributed by atoms with E-state index in [9.17, 15) is 8.78 Å². The molecule has 1 heterocycles. The number of hydrogen-bond acceptors (Lipinski definition) is 3. The van der Waals surface area contributed by atoms with Crippen LogP contribution in [0, 0.1) is 11.6 Å². The molecule has 0 amide bonds. The van der Waals surface area contributed by atoms with Gasteiger partial charge in [-0.15, -0.1) is 11.3 Å². The van der Waals surface area contributed by atoms with Crippen LogP contribution in [0.1, 0.15) is 38.3 Å². The molecule has 0 atom stereocenters. The molecular weight excluding hydrogens is 290 g/mol. The quantitative estimate of drug-likeness (QED) is 0.897. The van der Waals surface area contributed by atoms with Crippen LogP contribution in [-0.4, -0.2) is 10.5 Å². The topological polar surface area (TPSA) is 24.9 Å². The van der Waals surface area contributed by atoms with Crippen LogP contribution >= 0.6 is 11.3 Å². The Balaban J connectivity index is 2.31. The van der Waals surface area contributed by atoms with Gasteiger partial charge in [-0.3, -0.25) is 0 Å². The van der Waals surface area contributed by atoms with Crippen molar-refractivity contribution in [1.29, 1.82) is 0 Å². The first kappa shape index (κ1) is 16.0. The Morgan fingerprint density at radius 1 is 1.14 bits per heavy atom. The summed E-state index contributed by atoms with van der Waals surface area (Å²) in [5.41, 5.74) is 1.49. The van der Waals surface area contributed by atoms with Crippen molar-refractivity contribution in [2.45, 2.75) is 46.2 Å². The lowest BCUT2D eigenvalue weighted by atomic mass is 10.1. The van der Waals surface area contributed by atoms with Crippen LogP contribution in [0.4, 0.5) is 8.78 Å². The van der Waals surface area contributed by atoms with Crippen LogP contribution in [0.3, 0.4) is 0 Å². The molecule has 1 N–H and O–H groups in total. The standard InChI is InChI=1S/C16H20F2N2S/c1-5-13-14(9-19-16(2,3)4)21-15(20-13)10-6-11(17)8-12(18)7-10/h6-8,19H,5,9H2,1-4H3. The maximum Gasteiger partial charge on any atom is 0.126 e. The summed E-state index contributed by atoms with van der Waals surface area (Å²) in [6.07, 6.45) is 0.801. The molecule has 2 nitrogen and oxygen atoms in total. The summed E-state index contributed by atoms with van der Waals surface area (Å²) >= 11 is 1.49. The van der Waals surface area contributed by atoms with Crippen LogP contribution in [0.15, 0.2) is 18.2 Å². The minimum atomic E-state index is -0.576. The molecule has 1 aromatic heterocycles. The Morgan fingerprint density at radius 2 is 1.76 bits per heavy atom. The number of nitrogens with zero attached hydrogens (tertiary/aromatic N) is 1. The number of aromatic nitrogens is 1. The van der Waals surface area contributed by atoms with Crippen LogP contribution in [0.25, 0.3) is 10.6 Å². The van der Waals surface area contributed by atoms with Gasteiger partial charge in [0.25, 0.3) is 0 Å². The lowest BCUT2D eigenvalue weighted by Crippen LogP contribution is -2.35. The van der Waals surface area contributed by atoms with Crippen molar-refractivity contribution in [1.82, 2.24) is 10.3 Å². The van der Waals surface area contributed by atoms with Crippen molar-refractivity contribution in [3.63, 3.8) is 0 Å². The number of halogens is 2. The molecule has 0 bridgehead atoms. The summed E-state index contributed by atoms with van der Waals surface area (Å²) in [5, 5.41) is 4.09. The summed E-state index contributed by atoms with van der Waals surface area (Å²) in [4.78, 5) is 5.64. The fraction of sp³-hybridized carbons (Fsp3) is 0.438. The molecule has 0 aliphatic rings. The van der Waals surface area contributed by atoms with Crippen molar-refractivity contribution in [3.8, 4) is 10.6 Å². The van der Waals surface area contributed by atoms with Gasteiger partial charge >= 0.3 is 0 Å². The average Bonchev–Trinajstić information content (AvgIpc) is 2.77. The van der Waals surface area contributed by atoms with Crippen molar-refractivity contribution >= 4 is 11.3 Å². The van der Waals surface area contributed by atoms with Crippen molar-refractivity contribution in [3.05, 3.63) is 40.4 Å². The Labute approximate surface area is 128 Å². The van der Waals surface area contributed by atoms with Crippen molar-refractivity contribution in [2.75, 3.05) is 0 Å². The summed E-state index contributed by atoms with van der Waals surface area (Å²) in [5.74, 6) is -1.15. The zero-order valence-electron chi connectivity index (χ0n) is 12.8. The number of benzene rings is 1. The molecule has 114 valence electrons. The number of thiazole rings is 1. The van der Waals surface area contributed by atoms with E-state index in [0.29, 0.717) is 17.1 Å². The minimum absolute atomic E-state index is 0.0140. The predicted molar refractivity (Wildman–Crippen MR) is 83.4 cm³/mol. The molecule has 0 unspecified atom stereocenters.